The van der Waals surface area contributed by atoms with E-state index in [1.807, 2.05) is 6.92 Å². The Hall–Kier alpha value is -0.340. The van der Waals surface area contributed by atoms with Crippen molar-refractivity contribution >= 4 is 0 Å². The van der Waals surface area contributed by atoms with Crippen LogP contribution in [0.1, 0.15) is 13.3 Å². The van der Waals surface area contributed by atoms with Crippen molar-refractivity contribution in [3.63, 3.8) is 0 Å². The molecule has 1 rings (SSSR count). The standard InChI is InChI=1S/C7H13NO/c1-5-3-7(8)6(2)9-4-5/h6-7H,1,3-4,8H2,2H3/t6-,7?/m1/s1. The Morgan fingerprint density at radius 2 is 2.44 bits per heavy atom. The van der Waals surface area contributed by atoms with Gasteiger partial charge in [-0.15, -0.1) is 0 Å². The Morgan fingerprint density at radius 3 is 2.89 bits per heavy atom. The van der Waals surface area contributed by atoms with Crippen LogP contribution in [0.15, 0.2) is 12.2 Å². The maximum atomic E-state index is 5.68. The summed E-state index contributed by atoms with van der Waals surface area (Å²) in [5.41, 5.74) is 6.79. The lowest BCUT2D eigenvalue weighted by Gasteiger charge is -2.27. The van der Waals surface area contributed by atoms with E-state index in [0.717, 1.165) is 12.0 Å². The number of ether oxygens (including phenoxy) is 1. The summed E-state index contributed by atoms with van der Waals surface area (Å²) < 4.78 is 5.28. The zero-order valence-corrected chi connectivity index (χ0v) is 5.76. The summed E-state index contributed by atoms with van der Waals surface area (Å²) in [6, 6.07) is 0.159. The van der Waals surface area contributed by atoms with Gasteiger partial charge < -0.3 is 10.5 Å². The third-order valence-corrected chi connectivity index (χ3v) is 1.68. The van der Waals surface area contributed by atoms with Crippen molar-refractivity contribution in [1.29, 1.82) is 0 Å². The summed E-state index contributed by atoms with van der Waals surface area (Å²) in [6.45, 7) is 6.48. The Bertz CT molecular complexity index is 122. The molecule has 0 aromatic carbocycles. The van der Waals surface area contributed by atoms with Crippen LogP contribution in [0, 0.1) is 0 Å². The van der Waals surface area contributed by atoms with Crippen molar-refractivity contribution < 1.29 is 4.74 Å². The highest BCUT2D eigenvalue weighted by Gasteiger charge is 2.19. The van der Waals surface area contributed by atoms with Crippen LogP contribution in [-0.2, 0) is 4.74 Å². The average molecular weight is 127 g/mol. The molecule has 2 N–H and O–H groups in total. The van der Waals surface area contributed by atoms with E-state index in [1.165, 1.54) is 0 Å². The second kappa shape index (κ2) is 2.50. The van der Waals surface area contributed by atoms with Crippen molar-refractivity contribution in [2.75, 3.05) is 6.61 Å². The molecule has 0 amide bonds. The van der Waals surface area contributed by atoms with E-state index in [4.69, 9.17) is 10.5 Å². The van der Waals surface area contributed by atoms with Crippen LogP contribution in [0.2, 0.25) is 0 Å². The van der Waals surface area contributed by atoms with Crippen molar-refractivity contribution in [3.8, 4) is 0 Å². The highest BCUT2D eigenvalue weighted by Crippen LogP contribution is 2.14. The van der Waals surface area contributed by atoms with Crippen LogP contribution in [0.4, 0.5) is 0 Å². The molecule has 0 spiro atoms. The molecular formula is C7H13NO. The average Bonchev–Trinajstić information content (AvgIpc) is 1.80. The third-order valence-electron chi connectivity index (χ3n) is 1.68. The highest BCUT2D eigenvalue weighted by atomic mass is 16.5. The molecule has 0 aromatic heterocycles. The number of hydrogen-bond donors (Lipinski definition) is 1. The molecule has 0 aromatic rings. The summed E-state index contributed by atoms with van der Waals surface area (Å²) in [7, 11) is 0. The van der Waals surface area contributed by atoms with Gasteiger partial charge in [0.2, 0.25) is 0 Å². The lowest BCUT2D eigenvalue weighted by atomic mass is 10.0. The second-order valence-electron chi connectivity index (χ2n) is 2.63. The Balaban J connectivity index is 2.44. The fourth-order valence-corrected chi connectivity index (χ4v) is 0.931. The molecule has 9 heavy (non-hydrogen) atoms. The van der Waals surface area contributed by atoms with Gasteiger partial charge in [0.05, 0.1) is 12.7 Å². The maximum Gasteiger partial charge on any atom is 0.0705 e. The topological polar surface area (TPSA) is 35.2 Å². The van der Waals surface area contributed by atoms with E-state index in [1.54, 1.807) is 0 Å². The Labute approximate surface area is 55.7 Å². The first-order valence-electron chi connectivity index (χ1n) is 3.24. The van der Waals surface area contributed by atoms with Gasteiger partial charge in [-0.2, -0.15) is 0 Å². The van der Waals surface area contributed by atoms with Crippen LogP contribution in [-0.4, -0.2) is 18.8 Å². The SMILES string of the molecule is C=C1CO[C@H](C)C(N)C1. The van der Waals surface area contributed by atoms with Crippen LogP contribution < -0.4 is 5.73 Å². The molecule has 1 aliphatic rings. The lowest BCUT2D eigenvalue weighted by Crippen LogP contribution is -2.39. The second-order valence-corrected chi connectivity index (χ2v) is 2.63. The van der Waals surface area contributed by atoms with Crippen molar-refractivity contribution in [3.05, 3.63) is 12.2 Å². The van der Waals surface area contributed by atoms with Gasteiger partial charge in [0.25, 0.3) is 0 Å². The Morgan fingerprint density at radius 1 is 1.78 bits per heavy atom. The predicted molar refractivity (Wildman–Crippen MR) is 37.1 cm³/mol. The first-order chi connectivity index (χ1) is 4.20. The summed E-state index contributed by atoms with van der Waals surface area (Å²) in [5.74, 6) is 0. The number of hydrogen-bond acceptors (Lipinski definition) is 2. The summed E-state index contributed by atoms with van der Waals surface area (Å²) in [6.07, 6.45) is 1.12. The molecule has 2 nitrogen and oxygen atoms in total. The molecule has 0 bridgehead atoms. The van der Waals surface area contributed by atoms with Crippen LogP contribution in [0.3, 0.4) is 0 Å². The summed E-state index contributed by atoms with van der Waals surface area (Å²) in [4.78, 5) is 0. The molecule has 52 valence electrons. The van der Waals surface area contributed by atoms with E-state index < -0.39 is 0 Å². The van der Waals surface area contributed by atoms with Gasteiger partial charge in [0.15, 0.2) is 0 Å². The zero-order valence-electron chi connectivity index (χ0n) is 5.76. The first-order valence-corrected chi connectivity index (χ1v) is 3.24. The van der Waals surface area contributed by atoms with E-state index in [-0.39, 0.29) is 12.1 Å². The highest BCUT2D eigenvalue weighted by molar-refractivity contribution is 5.02. The van der Waals surface area contributed by atoms with Gasteiger partial charge in [-0.05, 0) is 13.3 Å². The molecule has 1 unspecified atom stereocenters. The van der Waals surface area contributed by atoms with Gasteiger partial charge in [-0.3, -0.25) is 0 Å². The van der Waals surface area contributed by atoms with Crippen molar-refractivity contribution in [2.24, 2.45) is 5.73 Å². The molecule has 2 atom stereocenters. The molecule has 0 saturated carbocycles. The quantitative estimate of drug-likeness (QED) is 0.486. The molecule has 1 fully saturated rings. The molecule has 0 aliphatic carbocycles. The van der Waals surface area contributed by atoms with Gasteiger partial charge in [-0.25, -0.2) is 0 Å². The molecule has 2 heteroatoms. The maximum absolute atomic E-state index is 5.68. The smallest absolute Gasteiger partial charge is 0.0705 e. The lowest BCUT2D eigenvalue weighted by molar-refractivity contribution is 0.0413. The fourth-order valence-electron chi connectivity index (χ4n) is 0.931. The van der Waals surface area contributed by atoms with Crippen molar-refractivity contribution in [2.45, 2.75) is 25.5 Å². The van der Waals surface area contributed by atoms with Crippen LogP contribution in [0.25, 0.3) is 0 Å². The van der Waals surface area contributed by atoms with Gasteiger partial charge in [-0.1, -0.05) is 12.2 Å². The fraction of sp³-hybridized carbons (Fsp3) is 0.714. The van der Waals surface area contributed by atoms with Gasteiger partial charge in [0, 0.05) is 6.04 Å². The third kappa shape index (κ3) is 1.53. The van der Waals surface area contributed by atoms with E-state index in [0.29, 0.717) is 6.61 Å². The molecule has 1 heterocycles. The molecule has 0 radical (unpaired) electrons. The summed E-state index contributed by atoms with van der Waals surface area (Å²) in [5, 5.41) is 0. The zero-order chi connectivity index (χ0) is 6.85. The predicted octanol–water partition coefficient (Wildman–Crippen LogP) is 0.679. The van der Waals surface area contributed by atoms with E-state index >= 15 is 0 Å². The minimum absolute atomic E-state index is 0.159. The van der Waals surface area contributed by atoms with E-state index in [2.05, 4.69) is 6.58 Å². The van der Waals surface area contributed by atoms with E-state index in [9.17, 15) is 0 Å². The molecule has 1 aliphatic heterocycles. The largest absolute Gasteiger partial charge is 0.373 e. The monoisotopic (exact) mass is 127 g/mol. The summed E-state index contributed by atoms with van der Waals surface area (Å²) >= 11 is 0. The van der Waals surface area contributed by atoms with Crippen LogP contribution in [0.5, 0.6) is 0 Å². The number of rotatable bonds is 0. The minimum Gasteiger partial charge on any atom is -0.373 e. The van der Waals surface area contributed by atoms with Crippen LogP contribution >= 0.6 is 0 Å². The molecule has 1 saturated heterocycles. The first kappa shape index (κ1) is 6.78. The van der Waals surface area contributed by atoms with Gasteiger partial charge >= 0.3 is 0 Å². The van der Waals surface area contributed by atoms with Crippen molar-refractivity contribution in [1.82, 2.24) is 0 Å². The van der Waals surface area contributed by atoms with Gasteiger partial charge in [0.1, 0.15) is 0 Å². The number of nitrogens with two attached hydrogens (primary N) is 1. The Kier molecular flexibility index (Phi) is 1.88. The minimum atomic E-state index is 0.159. The normalized spacial score (nSPS) is 36.9. The molecular weight excluding hydrogens is 114 g/mol.